The number of aromatic nitrogens is 1. The molecule has 160 valence electrons. The molecule has 0 radical (unpaired) electrons. The van der Waals surface area contributed by atoms with Crippen LogP contribution in [0.2, 0.25) is 0 Å². The van der Waals surface area contributed by atoms with Crippen LogP contribution in [0.3, 0.4) is 0 Å². The van der Waals surface area contributed by atoms with E-state index >= 15 is 0 Å². The fourth-order valence-electron chi connectivity index (χ4n) is 4.50. The summed E-state index contributed by atoms with van der Waals surface area (Å²) in [7, 11) is 6.91. The average Bonchev–Trinajstić information content (AvgIpc) is 3.37. The summed E-state index contributed by atoms with van der Waals surface area (Å²) in [5.74, 6) is 2.54. The quantitative estimate of drug-likeness (QED) is 0.500. The monoisotopic (exact) mass is 420 g/mol. The van der Waals surface area contributed by atoms with Gasteiger partial charge in [0, 0.05) is 23.6 Å². The lowest BCUT2D eigenvalue weighted by Gasteiger charge is -2.15. The Bertz CT molecular complexity index is 1310. The van der Waals surface area contributed by atoms with Gasteiger partial charge in [-0.3, -0.25) is 4.79 Å². The third-order valence-corrected chi connectivity index (χ3v) is 5.97. The fourth-order valence-corrected chi connectivity index (χ4v) is 4.50. The minimum atomic E-state index is -0.0882. The van der Waals surface area contributed by atoms with Crippen molar-refractivity contribution in [3.8, 4) is 34.3 Å². The molecule has 2 aliphatic rings. The van der Waals surface area contributed by atoms with Crippen LogP contribution in [0.4, 0.5) is 0 Å². The number of hydrogen-bond acceptors (Lipinski definition) is 6. The van der Waals surface area contributed by atoms with E-state index in [1.807, 2.05) is 32.3 Å². The van der Waals surface area contributed by atoms with Gasteiger partial charge in [0.15, 0.2) is 23.0 Å². The molecule has 31 heavy (non-hydrogen) atoms. The maximum Gasteiger partial charge on any atom is 0.258 e. The molecule has 2 heterocycles. The highest BCUT2D eigenvalue weighted by Crippen LogP contribution is 2.51. The highest BCUT2D eigenvalue weighted by Gasteiger charge is 2.32. The Morgan fingerprint density at radius 3 is 2.32 bits per heavy atom. The summed E-state index contributed by atoms with van der Waals surface area (Å²) in [6, 6.07) is 7.64. The molecule has 1 aromatic heterocycles. The van der Waals surface area contributed by atoms with Crippen molar-refractivity contribution in [3.63, 3.8) is 0 Å². The van der Waals surface area contributed by atoms with Crippen LogP contribution in [0.5, 0.6) is 23.0 Å². The molecule has 0 saturated heterocycles. The Morgan fingerprint density at radius 2 is 1.68 bits per heavy atom. The molecular formula is C24H24N2O5. The summed E-state index contributed by atoms with van der Waals surface area (Å²) < 4.78 is 24.0. The van der Waals surface area contributed by atoms with E-state index in [-0.39, 0.29) is 12.4 Å². The molecule has 0 spiro atoms. The van der Waals surface area contributed by atoms with Crippen LogP contribution in [0, 0.1) is 0 Å². The van der Waals surface area contributed by atoms with Crippen molar-refractivity contribution in [2.45, 2.75) is 6.42 Å². The van der Waals surface area contributed by atoms with Crippen LogP contribution in [0.25, 0.3) is 27.6 Å². The lowest BCUT2D eigenvalue weighted by Crippen LogP contribution is -2.19. The number of hydrogen-bond donors (Lipinski definition) is 1. The molecule has 0 unspecified atom stereocenters. The zero-order valence-corrected chi connectivity index (χ0v) is 18.0. The normalized spacial score (nSPS) is 14.8. The van der Waals surface area contributed by atoms with E-state index in [4.69, 9.17) is 18.9 Å². The van der Waals surface area contributed by atoms with Crippen molar-refractivity contribution >= 4 is 16.3 Å². The van der Waals surface area contributed by atoms with E-state index in [0.717, 1.165) is 52.1 Å². The fraction of sp³-hybridized carbons (Fsp3) is 0.292. The van der Waals surface area contributed by atoms with Gasteiger partial charge in [-0.25, -0.2) is 0 Å². The summed E-state index contributed by atoms with van der Waals surface area (Å²) >= 11 is 0. The molecular weight excluding hydrogens is 396 g/mol. The second-order valence-corrected chi connectivity index (χ2v) is 7.60. The standard InChI is InChI=1S/C24H24N2O5/c1-25-7-5-6-13-14-8-20-21(31-12-30-20)10-16(14)23-22(13)15-9-18(28-3)19(29-4)11-17(15)24(27)26(23)2/h6,8-11,25H,5,7,12H2,1-4H3/b13-6+. The third-order valence-electron chi connectivity index (χ3n) is 5.97. The molecule has 1 N–H and O–H groups in total. The summed E-state index contributed by atoms with van der Waals surface area (Å²) in [6.07, 6.45) is 3.06. The summed E-state index contributed by atoms with van der Waals surface area (Å²) in [4.78, 5) is 13.3. The predicted octanol–water partition coefficient (Wildman–Crippen LogP) is 3.31. The molecule has 0 atom stereocenters. The molecule has 1 aliphatic heterocycles. The van der Waals surface area contributed by atoms with Crippen LogP contribution in [0.15, 0.2) is 35.1 Å². The smallest absolute Gasteiger partial charge is 0.258 e. The van der Waals surface area contributed by atoms with Gasteiger partial charge >= 0.3 is 0 Å². The first-order valence-corrected chi connectivity index (χ1v) is 10.2. The molecule has 1 aliphatic carbocycles. The molecule has 0 saturated carbocycles. The minimum Gasteiger partial charge on any atom is -0.493 e. The van der Waals surface area contributed by atoms with Crippen LogP contribution >= 0.6 is 0 Å². The number of benzene rings is 2. The third kappa shape index (κ3) is 2.80. The second-order valence-electron chi connectivity index (χ2n) is 7.60. The molecule has 3 aromatic rings. The van der Waals surface area contributed by atoms with Gasteiger partial charge in [0.25, 0.3) is 5.56 Å². The maximum absolute atomic E-state index is 13.3. The van der Waals surface area contributed by atoms with Gasteiger partial charge < -0.3 is 28.8 Å². The van der Waals surface area contributed by atoms with Crippen molar-refractivity contribution in [2.75, 3.05) is 34.6 Å². The highest BCUT2D eigenvalue weighted by atomic mass is 16.7. The van der Waals surface area contributed by atoms with Crippen LogP contribution < -0.4 is 29.8 Å². The van der Waals surface area contributed by atoms with Crippen LogP contribution in [-0.4, -0.2) is 39.2 Å². The molecule has 7 nitrogen and oxygen atoms in total. The Hall–Kier alpha value is -3.45. The zero-order chi connectivity index (χ0) is 21.7. The lowest BCUT2D eigenvalue weighted by atomic mass is 9.98. The molecule has 5 rings (SSSR count). The number of rotatable bonds is 5. The van der Waals surface area contributed by atoms with Crippen molar-refractivity contribution in [3.05, 3.63) is 51.8 Å². The number of ether oxygens (including phenoxy) is 4. The van der Waals surface area contributed by atoms with Gasteiger partial charge in [-0.05, 0) is 55.4 Å². The molecule has 0 bridgehead atoms. The number of methoxy groups -OCH3 is 2. The number of fused-ring (bicyclic) bond motifs is 6. The lowest BCUT2D eigenvalue weighted by molar-refractivity contribution is 0.174. The Morgan fingerprint density at radius 1 is 1.03 bits per heavy atom. The molecule has 0 amide bonds. The van der Waals surface area contributed by atoms with Crippen LogP contribution in [-0.2, 0) is 7.05 Å². The van der Waals surface area contributed by atoms with E-state index in [1.54, 1.807) is 24.9 Å². The van der Waals surface area contributed by atoms with Gasteiger partial charge in [0.1, 0.15) is 0 Å². The van der Waals surface area contributed by atoms with Crippen molar-refractivity contribution in [2.24, 2.45) is 7.05 Å². The SMILES string of the molecule is CNCC/C=C1\c2cc3c(cc2-c2c1c1cc(OC)c(OC)cc1c(=O)n2C)OCO3. The van der Waals surface area contributed by atoms with E-state index in [2.05, 4.69) is 11.4 Å². The highest BCUT2D eigenvalue weighted by molar-refractivity contribution is 6.10. The first kappa shape index (κ1) is 19.5. The minimum absolute atomic E-state index is 0.0882. The number of pyridine rings is 1. The molecule has 7 heteroatoms. The van der Waals surface area contributed by atoms with Crippen molar-refractivity contribution < 1.29 is 18.9 Å². The van der Waals surface area contributed by atoms with E-state index < -0.39 is 0 Å². The topological polar surface area (TPSA) is 71.0 Å². The Labute approximate surface area is 179 Å². The largest absolute Gasteiger partial charge is 0.493 e. The van der Waals surface area contributed by atoms with E-state index in [1.165, 1.54) is 0 Å². The van der Waals surface area contributed by atoms with Crippen molar-refractivity contribution in [1.29, 1.82) is 0 Å². The summed E-state index contributed by atoms with van der Waals surface area (Å²) in [5, 5.41) is 4.62. The van der Waals surface area contributed by atoms with Crippen LogP contribution in [0.1, 0.15) is 17.5 Å². The Kier molecular flexibility index (Phi) is 4.63. The Balaban J connectivity index is 1.89. The first-order valence-electron chi connectivity index (χ1n) is 10.2. The predicted molar refractivity (Wildman–Crippen MR) is 119 cm³/mol. The maximum atomic E-state index is 13.3. The van der Waals surface area contributed by atoms with Gasteiger partial charge in [-0.2, -0.15) is 0 Å². The summed E-state index contributed by atoms with van der Waals surface area (Å²) in [6.45, 7) is 1.05. The van der Waals surface area contributed by atoms with Crippen molar-refractivity contribution in [1.82, 2.24) is 9.88 Å². The average molecular weight is 420 g/mol. The van der Waals surface area contributed by atoms with E-state index in [0.29, 0.717) is 22.6 Å². The van der Waals surface area contributed by atoms with Gasteiger partial charge in [0.05, 0.1) is 25.3 Å². The second kappa shape index (κ2) is 7.35. The van der Waals surface area contributed by atoms with Gasteiger partial charge in [-0.1, -0.05) is 6.08 Å². The van der Waals surface area contributed by atoms with E-state index in [9.17, 15) is 4.79 Å². The summed E-state index contributed by atoms with van der Waals surface area (Å²) in [5.41, 5.74) is 4.86. The first-order chi connectivity index (χ1) is 15.1. The number of nitrogens with zero attached hydrogens (tertiary/aromatic N) is 1. The molecule has 0 fully saturated rings. The zero-order valence-electron chi connectivity index (χ0n) is 18.0. The molecule has 2 aromatic carbocycles. The van der Waals surface area contributed by atoms with Gasteiger partial charge in [0.2, 0.25) is 6.79 Å². The van der Waals surface area contributed by atoms with Gasteiger partial charge in [-0.15, -0.1) is 0 Å². The number of nitrogens with one attached hydrogen (secondary N) is 1.